The molecule has 0 fully saturated rings. The molecule has 1 aromatic rings. The van der Waals surface area contributed by atoms with E-state index in [1.54, 1.807) is 13.8 Å². The van der Waals surface area contributed by atoms with E-state index in [1.165, 1.54) is 19.1 Å². The number of nitrogens with two attached hydrogens (primary N) is 1. The van der Waals surface area contributed by atoms with Gasteiger partial charge in [-0.15, -0.1) is 0 Å². The topological polar surface area (TPSA) is 26.0 Å². The standard InChI is InChI=1S/C15H22BrN/c1-13(2)9-7-11(16)12(17)8-10(9)14(3,4)15(13,5)6/h7-8H,17H2,1-6H3/i1D3,2D3,5D3. The van der Waals surface area contributed by atoms with Crippen molar-refractivity contribution in [2.75, 3.05) is 5.73 Å². The van der Waals surface area contributed by atoms with Crippen LogP contribution in [0.1, 0.15) is 64.8 Å². The summed E-state index contributed by atoms with van der Waals surface area (Å²) in [5.41, 5.74) is 0.589. The maximum Gasteiger partial charge on any atom is 0.0461 e. The van der Waals surface area contributed by atoms with Crippen molar-refractivity contribution in [1.82, 2.24) is 0 Å². The second kappa shape index (κ2) is 3.28. The summed E-state index contributed by atoms with van der Waals surface area (Å²) in [4.78, 5) is 0. The normalized spacial score (nSPS) is 39.2. The summed E-state index contributed by atoms with van der Waals surface area (Å²) in [5, 5.41) is 0. The molecule has 0 saturated carbocycles. The van der Waals surface area contributed by atoms with Crippen LogP contribution in [0.5, 0.6) is 0 Å². The molecule has 0 aliphatic heterocycles. The Morgan fingerprint density at radius 1 is 1.06 bits per heavy atom. The van der Waals surface area contributed by atoms with Gasteiger partial charge in [0.15, 0.2) is 0 Å². The fourth-order valence-corrected chi connectivity index (χ4v) is 2.77. The highest BCUT2D eigenvalue weighted by Crippen LogP contribution is 2.62. The first-order valence-electron chi connectivity index (χ1n) is 9.88. The predicted molar refractivity (Wildman–Crippen MR) is 78.4 cm³/mol. The van der Waals surface area contributed by atoms with Gasteiger partial charge in [0.25, 0.3) is 0 Å². The Morgan fingerprint density at radius 2 is 1.65 bits per heavy atom. The zero-order valence-electron chi connectivity index (χ0n) is 19.1. The van der Waals surface area contributed by atoms with Crippen LogP contribution in [0.25, 0.3) is 0 Å². The van der Waals surface area contributed by atoms with Crippen LogP contribution in [0.3, 0.4) is 0 Å². The Labute approximate surface area is 126 Å². The van der Waals surface area contributed by atoms with Gasteiger partial charge in [0.2, 0.25) is 0 Å². The Balaban J connectivity index is 3.22. The lowest BCUT2D eigenvalue weighted by Crippen LogP contribution is -2.42. The molecule has 2 N–H and O–H groups in total. The molecule has 2 heteroatoms. The number of hydrogen-bond acceptors (Lipinski definition) is 1. The largest absolute Gasteiger partial charge is 0.398 e. The van der Waals surface area contributed by atoms with E-state index in [9.17, 15) is 0 Å². The van der Waals surface area contributed by atoms with E-state index < -0.39 is 36.8 Å². The first-order valence-corrected chi connectivity index (χ1v) is 6.18. The fraction of sp³-hybridized carbons (Fsp3) is 0.600. The summed E-state index contributed by atoms with van der Waals surface area (Å²) in [7, 11) is 0. The van der Waals surface area contributed by atoms with Crippen molar-refractivity contribution in [3.8, 4) is 0 Å². The molecule has 1 nitrogen and oxygen atoms in total. The number of anilines is 1. The molecule has 2 rings (SSSR count). The summed E-state index contributed by atoms with van der Waals surface area (Å²) >= 11 is 3.23. The highest BCUT2D eigenvalue weighted by atomic mass is 79.9. The van der Waals surface area contributed by atoms with Crippen LogP contribution >= 0.6 is 15.9 Å². The summed E-state index contributed by atoms with van der Waals surface area (Å²) in [6, 6.07) is 2.85. The third kappa shape index (κ3) is 1.36. The molecule has 1 atom stereocenters. The van der Waals surface area contributed by atoms with Crippen molar-refractivity contribution in [3.05, 3.63) is 27.7 Å². The lowest BCUT2D eigenvalue weighted by molar-refractivity contribution is 0.125. The molecule has 17 heavy (non-hydrogen) atoms. The van der Waals surface area contributed by atoms with E-state index in [0.717, 1.165) is 0 Å². The summed E-state index contributed by atoms with van der Waals surface area (Å²) in [5.74, 6) is 0. The second-order valence-corrected chi connectivity index (χ2v) is 6.27. The van der Waals surface area contributed by atoms with Gasteiger partial charge in [0.05, 0.1) is 0 Å². The van der Waals surface area contributed by atoms with Crippen molar-refractivity contribution in [3.63, 3.8) is 0 Å². The number of benzene rings is 1. The van der Waals surface area contributed by atoms with Crippen LogP contribution in [0.15, 0.2) is 16.6 Å². The maximum absolute atomic E-state index is 8.18. The molecule has 0 saturated heterocycles. The van der Waals surface area contributed by atoms with Gasteiger partial charge in [0, 0.05) is 22.5 Å². The number of hydrogen-bond donors (Lipinski definition) is 1. The van der Waals surface area contributed by atoms with E-state index in [1.807, 2.05) is 0 Å². The Kier molecular flexibility index (Phi) is 1.09. The van der Waals surface area contributed by atoms with Crippen LogP contribution in [-0.2, 0) is 10.8 Å². The fourth-order valence-electron chi connectivity index (χ4n) is 2.42. The zero-order valence-corrected chi connectivity index (χ0v) is 11.7. The summed E-state index contributed by atoms with van der Waals surface area (Å²) in [6.45, 7) is -4.66. The van der Waals surface area contributed by atoms with Gasteiger partial charge in [-0.05, 0) is 55.4 Å². The average molecular weight is 305 g/mol. The molecule has 1 aliphatic rings. The Hall–Kier alpha value is -0.500. The smallest absolute Gasteiger partial charge is 0.0461 e. The predicted octanol–water partition coefficient (Wildman–Crippen LogP) is 4.63. The van der Waals surface area contributed by atoms with Gasteiger partial charge < -0.3 is 5.73 Å². The molecule has 0 heterocycles. The summed E-state index contributed by atoms with van der Waals surface area (Å²) < 4.78 is 73.9. The SMILES string of the molecule is [2H]C([2H])([2H])C1(C)C(C)(C)c2cc(N)c(Br)cc2C1(C([2H])([2H])[2H])C([2H])([2H])[2H]. The van der Waals surface area contributed by atoms with Gasteiger partial charge in [-0.1, -0.05) is 41.3 Å². The molecule has 0 aromatic heterocycles. The highest BCUT2D eigenvalue weighted by Gasteiger charge is 2.56. The van der Waals surface area contributed by atoms with E-state index in [0.29, 0.717) is 10.0 Å². The van der Waals surface area contributed by atoms with Gasteiger partial charge in [-0.3, -0.25) is 0 Å². The monoisotopic (exact) mass is 304 g/mol. The van der Waals surface area contributed by atoms with E-state index >= 15 is 0 Å². The molecule has 1 unspecified atom stereocenters. The van der Waals surface area contributed by atoms with Crippen LogP contribution in [0.4, 0.5) is 5.69 Å². The molecule has 0 radical (unpaired) electrons. The lowest BCUT2D eigenvalue weighted by Gasteiger charge is -2.44. The number of fused-ring (bicyclic) bond motifs is 1. The van der Waals surface area contributed by atoms with Crippen molar-refractivity contribution in [2.24, 2.45) is 5.41 Å². The molecule has 94 valence electrons. The number of rotatable bonds is 0. The quantitative estimate of drug-likeness (QED) is 0.695. The van der Waals surface area contributed by atoms with Crippen LogP contribution in [-0.4, -0.2) is 0 Å². The average Bonchev–Trinajstić information content (AvgIpc) is 2.53. The van der Waals surface area contributed by atoms with Crippen LogP contribution in [0.2, 0.25) is 0 Å². The third-order valence-corrected chi connectivity index (χ3v) is 4.90. The summed E-state index contributed by atoms with van der Waals surface area (Å²) in [6.07, 6.45) is 0. The molecule has 1 aromatic carbocycles. The van der Waals surface area contributed by atoms with Gasteiger partial charge in [0.1, 0.15) is 0 Å². The van der Waals surface area contributed by atoms with Gasteiger partial charge in [-0.25, -0.2) is 0 Å². The van der Waals surface area contributed by atoms with Gasteiger partial charge >= 0.3 is 0 Å². The second-order valence-electron chi connectivity index (χ2n) is 5.42. The highest BCUT2D eigenvalue weighted by molar-refractivity contribution is 9.10. The number of halogens is 1. The minimum atomic E-state index is -3.10. The Bertz CT molecular complexity index is 731. The zero-order chi connectivity index (χ0) is 20.7. The number of nitrogen functional groups attached to an aromatic ring is 1. The molecule has 0 amide bonds. The molecular formula is C15H22BrN. The maximum atomic E-state index is 8.18. The lowest BCUT2D eigenvalue weighted by atomic mass is 9.59. The molecule has 0 bridgehead atoms. The molecule has 0 spiro atoms. The van der Waals surface area contributed by atoms with Crippen molar-refractivity contribution < 1.29 is 12.3 Å². The van der Waals surface area contributed by atoms with Crippen molar-refractivity contribution >= 4 is 21.6 Å². The van der Waals surface area contributed by atoms with E-state index in [4.69, 9.17) is 18.1 Å². The third-order valence-electron chi connectivity index (χ3n) is 4.21. The van der Waals surface area contributed by atoms with E-state index in [2.05, 4.69) is 15.9 Å². The Morgan fingerprint density at radius 3 is 2.18 bits per heavy atom. The van der Waals surface area contributed by atoms with Crippen LogP contribution in [0, 0.1) is 5.41 Å². The molecule has 1 aliphatic carbocycles. The minimum absolute atomic E-state index is 0.0119. The van der Waals surface area contributed by atoms with E-state index in [-0.39, 0.29) is 11.3 Å². The van der Waals surface area contributed by atoms with Crippen LogP contribution < -0.4 is 5.73 Å². The first-order chi connectivity index (χ1) is 11.3. The van der Waals surface area contributed by atoms with Crippen molar-refractivity contribution in [2.45, 2.75) is 52.2 Å². The minimum Gasteiger partial charge on any atom is -0.398 e. The van der Waals surface area contributed by atoms with Crippen molar-refractivity contribution in [1.29, 1.82) is 0 Å². The first kappa shape index (κ1) is 5.64. The molecular weight excluding hydrogens is 274 g/mol. The van der Waals surface area contributed by atoms with Gasteiger partial charge in [-0.2, -0.15) is 0 Å².